The van der Waals surface area contributed by atoms with Crippen molar-refractivity contribution in [3.8, 4) is 5.75 Å². The molecule has 6 nitrogen and oxygen atoms in total. The standard InChI is InChI=1S/C21H30FN5O/c1-3-19(28-20-10-6-7-16(22)13-20)15-25-21(23-2)24-14-17-11-12-27(26-17)18-8-4-5-9-18/h6-7,10-13,18-19H,3-5,8-9,14-15H2,1-2H3,(H2,23,24,25). The van der Waals surface area contributed by atoms with Gasteiger partial charge in [-0.15, -0.1) is 0 Å². The van der Waals surface area contributed by atoms with E-state index in [-0.39, 0.29) is 11.9 Å². The molecule has 1 aromatic carbocycles. The molecule has 0 aliphatic heterocycles. The topological polar surface area (TPSA) is 63.5 Å². The molecular weight excluding hydrogens is 357 g/mol. The predicted octanol–water partition coefficient (Wildman–Crippen LogP) is 3.66. The molecule has 2 aromatic rings. The molecule has 1 aliphatic carbocycles. The van der Waals surface area contributed by atoms with Crippen LogP contribution in [0.4, 0.5) is 4.39 Å². The summed E-state index contributed by atoms with van der Waals surface area (Å²) in [7, 11) is 1.74. The third-order valence-electron chi connectivity index (χ3n) is 5.07. The highest BCUT2D eigenvalue weighted by molar-refractivity contribution is 5.79. The summed E-state index contributed by atoms with van der Waals surface area (Å²) in [6.45, 7) is 3.22. The quantitative estimate of drug-likeness (QED) is 0.536. The second-order valence-corrected chi connectivity index (χ2v) is 7.14. The van der Waals surface area contributed by atoms with Crippen LogP contribution in [0, 0.1) is 5.82 Å². The van der Waals surface area contributed by atoms with Gasteiger partial charge in [0.25, 0.3) is 0 Å². The van der Waals surface area contributed by atoms with E-state index in [1.165, 1.54) is 37.8 Å². The van der Waals surface area contributed by atoms with Crippen molar-refractivity contribution < 1.29 is 9.13 Å². The van der Waals surface area contributed by atoms with Crippen molar-refractivity contribution in [1.82, 2.24) is 20.4 Å². The van der Waals surface area contributed by atoms with Crippen molar-refractivity contribution in [2.75, 3.05) is 13.6 Å². The van der Waals surface area contributed by atoms with Crippen LogP contribution in [0.1, 0.15) is 50.8 Å². The maximum atomic E-state index is 13.3. The van der Waals surface area contributed by atoms with Gasteiger partial charge in [-0.25, -0.2) is 4.39 Å². The normalized spacial score (nSPS) is 16.2. The summed E-state index contributed by atoms with van der Waals surface area (Å²) in [5, 5.41) is 11.2. The zero-order valence-corrected chi connectivity index (χ0v) is 16.7. The third-order valence-corrected chi connectivity index (χ3v) is 5.07. The molecule has 1 saturated carbocycles. The predicted molar refractivity (Wildman–Crippen MR) is 109 cm³/mol. The smallest absolute Gasteiger partial charge is 0.191 e. The molecule has 3 rings (SSSR count). The number of halogens is 1. The van der Waals surface area contributed by atoms with Crippen LogP contribution in [0.25, 0.3) is 0 Å². The molecule has 28 heavy (non-hydrogen) atoms. The first-order valence-electron chi connectivity index (χ1n) is 10.1. The highest BCUT2D eigenvalue weighted by atomic mass is 19.1. The molecule has 1 atom stereocenters. The van der Waals surface area contributed by atoms with E-state index in [0.29, 0.717) is 30.8 Å². The Bertz CT molecular complexity index is 770. The minimum Gasteiger partial charge on any atom is -0.489 e. The fourth-order valence-electron chi connectivity index (χ4n) is 3.45. The molecule has 1 aromatic heterocycles. The van der Waals surface area contributed by atoms with Crippen LogP contribution in [-0.4, -0.2) is 35.4 Å². The maximum Gasteiger partial charge on any atom is 0.191 e. The van der Waals surface area contributed by atoms with Gasteiger partial charge in [0, 0.05) is 19.3 Å². The number of rotatable bonds is 8. The second kappa shape index (κ2) is 10.1. The van der Waals surface area contributed by atoms with Crippen molar-refractivity contribution in [3.05, 3.63) is 48.0 Å². The molecule has 7 heteroatoms. The number of hydrogen-bond donors (Lipinski definition) is 2. The molecule has 1 aliphatic rings. The molecule has 0 amide bonds. The number of ether oxygens (including phenoxy) is 1. The van der Waals surface area contributed by atoms with E-state index < -0.39 is 0 Å². The van der Waals surface area contributed by atoms with Crippen LogP contribution in [0.15, 0.2) is 41.5 Å². The van der Waals surface area contributed by atoms with Gasteiger partial charge >= 0.3 is 0 Å². The molecule has 2 N–H and O–H groups in total. The number of hydrogen-bond acceptors (Lipinski definition) is 3. The number of aliphatic imine (C=N–C) groups is 1. The summed E-state index contributed by atoms with van der Waals surface area (Å²) >= 11 is 0. The molecule has 0 spiro atoms. The number of aromatic nitrogens is 2. The van der Waals surface area contributed by atoms with E-state index in [2.05, 4.69) is 37.7 Å². The van der Waals surface area contributed by atoms with E-state index >= 15 is 0 Å². The van der Waals surface area contributed by atoms with E-state index in [1.807, 2.05) is 6.92 Å². The van der Waals surface area contributed by atoms with Gasteiger partial charge in [-0.3, -0.25) is 9.67 Å². The lowest BCUT2D eigenvalue weighted by atomic mass is 10.2. The van der Waals surface area contributed by atoms with Crippen molar-refractivity contribution in [2.45, 2.75) is 57.7 Å². The first kappa shape index (κ1) is 20.2. The zero-order chi connectivity index (χ0) is 19.8. The Kier molecular flexibility index (Phi) is 7.28. The lowest BCUT2D eigenvalue weighted by molar-refractivity contribution is 0.198. The molecule has 1 heterocycles. The number of guanidine groups is 1. The van der Waals surface area contributed by atoms with Gasteiger partial charge in [-0.05, 0) is 37.5 Å². The Morgan fingerprint density at radius 1 is 1.32 bits per heavy atom. The first-order valence-corrected chi connectivity index (χ1v) is 10.1. The Morgan fingerprint density at radius 3 is 2.86 bits per heavy atom. The van der Waals surface area contributed by atoms with Crippen LogP contribution in [0.2, 0.25) is 0 Å². The van der Waals surface area contributed by atoms with Crippen LogP contribution in [-0.2, 0) is 6.54 Å². The van der Waals surface area contributed by atoms with E-state index in [4.69, 9.17) is 4.74 Å². The van der Waals surface area contributed by atoms with Gasteiger partial charge in [0.15, 0.2) is 5.96 Å². The molecule has 1 unspecified atom stereocenters. The average molecular weight is 388 g/mol. The van der Waals surface area contributed by atoms with Crippen molar-refractivity contribution in [2.24, 2.45) is 4.99 Å². The fraction of sp³-hybridized carbons (Fsp3) is 0.524. The molecule has 0 saturated heterocycles. The summed E-state index contributed by atoms with van der Waals surface area (Å²) in [4.78, 5) is 4.26. The number of nitrogens with zero attached hydrogens (tertiary/aromatic N) is 3. The Morgan fingerprint density at radius 2 is 2.14 bits per heavy atom. The summed E-state index contributed by atoms with van der Waals surface area (Å²) < 4.78 is 21.3. The monoisotopic (exact) mass is 387 g/mol. The van der Waals surface area contributed by atoms with Crippen LogP contribution in [0.3, 0.4) is 0 Å². The molecule has 0 bridgehead atoms. The highest BCUT2D eigenvalue weighted by Gasteiger charge is 2.17. The van der Waals surface area contributed by atoms with Crippen molar-refractivity contribution in [1.29, 1.82) is 0 Å². The van der Waals surface area contributed by atoms with Gasteiger partial charge in [0.05, 0.1) is 24.8 Å². The molecule has 1 fully saturated rings. The summed E-state index contributed by atoms with van der Waals surface area (Å²) in [5.74, 6) is 0.931. The van der Waals surface area contributed by atoms with Gasteiger partial charge < -0.3 is 15.4 Å². The Hall–Kier alpha value is -2.57. The van der Waals surface area contributed by atoms with Crippen molar-refractivity contribution in [3.63, 3.8) is 0 Å². The maximum absolute atomic E-state index is 13.3. The second-order valence-electron chi connectivity index (χ2n) is 7.14. The summed E-state index contributed by atoms with van der Waals surface area (Å²) in [6, 6.07) is 8.83. The average Bonchev–Trinajstić information content (AvgIpc) is 3.38. The minimum absolute atomic E-state index is 0.0816. The molecular formula is C21H30FN5O. The molecule has 152 valence electrons. The van der Waals surface area contributed by atoms with Gasteiger partial charge in [-0.1, -0.05) is 25.8 Å². The van der Waals surface area contributed by atoms with Crippen molar-refractivity contribution >= 4 is 5.96 Å². The lowest BCUT2D eigenvalue weighted by Crippen LogP contribution is -2.42. The van der Waals surface area contributed by atoms with Crippen LogP contribution < -0.4 is 15.4 Å². The minimum atomic E-state index is -0.296. The van der Waals surface area contributed by atoms with E-state index in [0.717, 1.165) is 12.1 Å². The largest absolute Gasteiger partial charge is 0.489 e. The Balaban J connectivity index is 1.45. The van der Waals surface area contributed by atoms with Gasteiger partial charge in [0.1, 0.15) is 17.7 Å². The van der Waals surface area contributed by atoms with Gasteiger partial charge in [-0.2, -0.15) is 5.10 Å². The van der Waals surface area contributed by atoms with Crippen LogP contribution in [0.5, 0.6) is 5.75 Å². The fourth-order valence-corrected chi connectivity index (χ4v) is 3.45. The summed E-state index contributed by atoms with van der Waals surface area (Å²) in [5.41, 5.74) is 0.998. The van der Waals surface area contributed by atoms with E-state index in [9.17, 15) is 4.39 Å². The number of nitrogens with one attached hydrogen (secondary N) is 2. The van der Waals surface area contributed by atoms with Gasteiger partial charge in [0.2, 0.25) is 0 Å². The van der Waals surface area contributed by atoms with E-state index in [1.54, 1.807) is 19.2 Å². The lowest BCUT2D eigenvalue weighted by Gasteiger charge is -2.20. The highest BCUT2D eigenvalue weighted by Crippen LogP contribution is 2.28. The third kappa shape index (κ3) is 5.71. The SMILES string of the molecule is CCC(CNC(=NC)NCc1ccn(C2CCCC2)n1)Oc1cccc(F)c1. The van der Waals surface area contributed by atoms with Crippen LogP contribution >= 0.6 is 0 Å². The molecule has 0 radical (unpaired) electrons. The Labute approximate surface area is 166 Å². The number of benzene rings is 1. The zero-order valence-electron chi connectivity index (χ0n) is 16.7. The first-order chi connectivity index (χ1) is 13.7. The summed E-state index contributed by atoms with van der Waals surface area (Å²) in [6.07, 6.45) is 7.83.